The van der Waals surface area contributed by atoms with Gasteiger partial charge in [0.1, 0.15) is 17.2 Å². The monoisotopic (exact) mass is 635 g/mol. The van der Waals surface area contributed by atoms with E-state index in [-0.39, 0.29) is 22.4 Å². The van der Waals surface area contributed by atoms with Crippen LogP contribution in [0.5, 0.6) is 11.5 Å². The molecule has 0 fully saturated rings. The maximum atomic E-state index is 13.4. The van der Waals surface area contributed by atoms with Crippen molar-refractivity contribution in [3.8, 4) is 11.5 Å². The summed E-state index contributed by atoms with van der Waals surface area (Å²) in [4.78, 5) is 39.7. The summed E-state index contributed by atoms with van der Waals surface area (Å²) < 4.78 is 10.5. The number of hydrogen-bond acceptors (Lipinski definition) is 6. The Bertz CT molecular complexity index is 1660. The zero-order chi connectivity index (χ0) is 30.8. The molecule has 220 valence electrons. The van der Waals surface area contributed by atoms with Crippen LogP contribution in [-0.4, -0.2) is 37.7 Å². The van der Waals surface area contributed by atoms with Gasteiger partial charge < -0.3 is 25.4 Å². The molecular formula is C32H27Cl2N3O5S. The number of methoxy groups -OCH3 is 2. The molecule has 0 saturated carbocycles. The van der Waals surface area contributed by atoms with E-state index in [0.717, 1.165) is 4.90 Å². The average molecular weight is 637 g/mol. The summed E-state index contributed by atoms with van der Waals surface area (Å²) in [5.74, 6) is -0.111. The van der Waals surface area contributed by atoms with Crippen molar-refractivity contribution in [1.29, 1.82) is 0 Å². The Morgan fingerprint density at radius 2 is 1.60 bits per heavy atom. The Morgan fingerprint density at radius 1 is 0.837 bits per heavy atom. The van der Waals surface area contributed by atoms with Crippen molar-refractivity contribution >= 4 is 70.1 Å². The van der Waals surface area contributed by atoms with Crippen LogP contribution < -0.4 is 25.4 Å². The van der Waals surface area contributed by atoms with Gasteiger partial charge in [-0.15, -0.1) is 11.8 Å². The first kappa shape index (κ1) is 31.5. The minimum Gasteiger partial charge on any atom is -0.497 e. The highest BCUT2D eigenvalue weighted by molar-refractivity contribution is 8.00. The second kappa shape index (κ2) is 15.2. The zero-order valence-corrected chi connectivity index (χ0v) is 25.5. The van der Waals surface area contributed by atoms with Crippen LogP contribution in [0.2, 0.25) is 10.0 Å². The van der Waals surface area contributed by atoms with Crippen LogP contribution in [-0.2, 0) is 9.59 Å². The van der Waals surface area contributed by atoms with Crippen LogP contribution in [0.1, 0.15) is 15.9 Å². The molecule has 0 aromatic heterocycles. The van der Waals surface area contributed by atoms with E-state index in [4.69, 9.17) is 32.7 Å². The minimum absolute atomic E-state index is 0.0392. The van der Waals surface area contributed by atoms with E-state index in [2.05, 4.69) is 16.0 Å². The minimum atomic E-state index is -0.578. The normalized spacial score (nSPS) is 10.9. The molecular weight excluding hydrogens is 609 g/mol. The Kier molecular flexibility index (Phi) is 11.1. The van der Waals surface area contributed by atoms with Gasteiger partial charge in [0.2, 0.25) is 5.91 Å². The van der Waals surface area contributed by atoms with Crippen LogP contribution in [0.4, 0.5) is 11.4 Å². The van der Waals surface area contributed by atoms with Gasteiger partial charge in [-0.25, -0.2) is 0 Å². The number of carbonyl (C=O) groups is 3. The number of halogens is 2. The lowest BCUT2D eigenvalue weighted by molar-refractivity contribution is -0.114. The molecule has 4 aromatic rings. The fraction of sp³-hybridized carbons (Fsp3) is 0.0938. The standard InChI is InChI=1S/C32H27Cl2N3O5S/c1-41-23-14-15-28(42-2)26(18-23)36-29(38)19-43-24-12-7-11-22(17-24)35-32(40)27(16-21-10-6-13-25(33)30(21)34)37-31(39)20-8-4-3-5-9-20/h3-18H,19H2,1-2H3,(H,35,40)(H,36,38)(H,37,39)/b27-16+. The molecule has 0 heterocycles. The Balaban J connectivity index is 1.47. The van der Waals surface area contributed by atoms with Gasteiger partial charge in [-0.05, 0) is 60.2 Å². The SMILES string of the molecule is COc1ccc(OC)c(NC(=O)CSc2cccc(NC(=O)/C(=C\c3cccc(Cl)c3Cl)NC(=O)c3ccccc3)c2)c1. The third-order valence-electron chi connectivity index (χ3n) is 5.95. The highest BCUT2D eigenvalue weighted by atomic mass is 35.5. The van der Waals surface area contributed by atoms with Crippen LogP contribution in [0.25, 0.3) is 6.08 Å². The second-order valence-corrected chi connectivity index (χ2v) is 10.7. The largest absolute Gasteiger partial charge is 0.497 e. The van der Waals surface area contributed by atoms with Crippen LogP contribution in [0.15, 0.2) is 102 Å². The molecule has 0 aliphatic carbocycles. The number of hydrogen-bond donors (Lipinski definition) is 3. The lowest BCUT2D eigenvalue weighted by Crippen LogP contribution is -2.30. The first-order chi connectivity index (χ1) is 20.8. The van der Waals surface area contributed by atoms with Gasteiger partial charge in [0.15, 0.2) is 0 Å². The molecule has 0 radical (unpaired) electrons. The van der Waals surface area contributed by atoms with Gasteiger partial charge in [-0.2, -0.15) is 0 Å². The first-order valence-electron chi connectivity index (χ1n) is 12.9. The molecule has 0 atom stereocenters. The Labute approximate surface area is 263 Å². The molecule has 4 rings (SSSR count). The number of nitrogens with one attached hydrogen (secondary N) is 3. The lowest BCUT2D eigenvalue weighted by atomic mass is 10.1. The molecule has 0 aliphatic rings. The van der Waals surface area contributed by atoms with Gasteiger partial charge in [-0.1, -0.05) is 59.6 Å². The molecule has 3 N–H and O–H groups in total. The van der Waals surface area contributed by atoms with E-state index in [1.54, 1.807) is 84.9 Å². The average Bonchev–Trinajstić information content (AvgIpc) is 3.02. The number of rotatable bonds is 11. The number of anilines is 2. The van der Waals surface area contributed by atoms with E-state index in [0.29, 0.717) is 39.0 Å². The van der Waals surface area contributed by atoms with Crippen LogP contribution >= 0.6 is 35.0 Å². The van der Waals surface area contributed by atoms with E-state index < -0.39 is 11.8 Å². The van der Waals surface area contributed by atoms with E-state index in [1.807, 2.05) is 6.07 Å². The summed E-state index contributed by atoms with van der Waals surface area (Å²) in [6, 6.07) is 25.6. The van der Waals surface area contributed by atoms with Gasteiger partial charge in [0.05, 0.1) is 35.7 Å². The maximum Gasteiger partial charge on any atom is 0.272 e. The van der Waals surface area contributed by atoms with Crippen molar-refractivity contribution < 1.29 is 23.9 Å². The second-order valence-electron chi connectivity index (χ2n) is 8.91. The zero-order valence-electron chi connectivity index (χ0n) is 23.2. The third-order valence-corrected chi connectivity index (χ3v) is 7.78. The fourth-order valence-corrected chi connectivity index (χ4v) is 4.96. The number of carbonyl (C=O) groups excluding carboxylic acids is 3. The predicted molar refractivity (Wildman–Crippen MR) is 172 cm³/mol. The maximum absolute atomic E-state index is 13.4. The molecule has 4 aromatic carbocycles. The van der Waals surface area contributed by atoms with Crippen molar-refractivity contribution in [2.45, 2.75) is 4.90 Å². The molecule has 0 saturated heterocycles. The third kappa shape index (κ3) is 8.78. The lowest BCUT2D eigenvalue weighted by Gasteiger charge is -2.13. The highest BCUT2D eigenvalue weighted by Crippen LogP contribution is 2.30. The van der Waals surface area contributed by atoms with Crippen molar-refractivity contribution in [2.75, 3.05) is 30.6 Å². The molecule has 0 bridgehead atoms. The number of ether oxygens (including phenoxy) is 2. The fourth-order valence-electron chi connectivity index (χ4n) is 3.84. The van der Waals surface area contributed by atoms with E-state index in [9.17, 15) is 14.4 Å². The van der Waals surface area contributed by atoms with Crippen molar-refractivity contribution in [1.82, 2.24) is 5.32 Å². The smallest absolute Gasteiger partial charge is 0.272 e. The number of thioether (sulfide) groups is 1. The Morgan fingerprint density at radius 3 is 2.35 bits per heavy atom. The van der Waals surface area contributed by atoms with Crippen molar-refractivity contribution in [3.63, 3.8) is 0 Å². The van der Waals surface area contributed by atoms with Crippen LogP contribution in [0, 0.1) is 0 Å². The molecule has 3 amide bonds. The summed E-state index contributed by atoms with van der Waals surface area (Å²) in [6.07, 6.45) is 1.46. The molecule has 43 heavy (non-hydrogen) atoms. The summed E-state index contributed by atoms with van der Waals surface area (Å²) in [6.45, 7) is 0. The van der Waals surface area contributed by atoms with E-state index in [1.165, 1.54) is 32.1 Å². The van der Waals surface area contributed by atoms with Gasteiger partial charge in [0, 0.05) is 22.2 Å². The molecule has 0 unspecified atom stereocenters. The quantitative estimate of drug-likeness (QED) is 0.119. The van der Waals surface area contributed by atoms with Gasteiger partial charge in [0.25, 0.3) is 11.8 Å². The molecule has 8 nitrogen and oxygen atoms in total. The molecule has 0 spiro atoms. The number of amides is 3. The predicted octanol–water partition coefficient (Wildman–Crippen LogP) is 7.15. The summed E-state index contributed by atoms with van der Waals surface area (Å²) in [5.41, 5.74) is 1.74. The van der Waals surface area contributed by atoms with Gasteiger partial charge in [-0.3, -0.25) is 14.4 Å². The topological polar surface area (TPSA) is 106 Å². The Hall–Kier alpha value is -4.44. The summed E-state index contributed by atoms with van der Waals surface area (Å²) >= 11 is 13.8. The highest BCUT2D eigenvalue weighted by Gasteiger charge is 2.17. The van der Waals surface area contributed by atoms with Gasteiger partial charge >= 0.3 is 0 Å². The van der Waals surface area contributed by atoms with E-state index >= 15 is 0 Å². The van der Waals surface area contributed by atoms with Crippen LogP contribution in [0.3, 0.4) is 0 Å². The number of benzene rings is 4. The summed E-state index contributed by atoms with van der Waals surface area (Å²) in [5, 5.41) is 8.86. The van der Waals surface area contributed by atoms with Crippen molar-refractivity contribution in [3.05, 3.63) is 118 Å². The van der Waals surface area contributed by atoms with Crippen molar-refractivity contribution in [2.24, 2.45) is 0 Å². The summed E-state index contributed by atoms with van der Waals surface area (Å²) in [7, 11) is 3.06. The molecule has 0 aliphatic heterocycles. The first-order valence-corrected chi connectivity index (χ1v) is 14.6. The molecule has 11 heteroatoms.